The zero-order valence-corrected chi connectivity index (χ0v) is 11.2. The van der Waals surface area contributed by atoms with Crippen LogP contribution < -0.4 is 5.32 Å². The molecule has 1 saturated carbocycles. The van der Waals surface area contributed by atoms with Gasteiger partial charge in [0.1, 0.15) is 0 Å². The van der Waals surface area contributed by atoms with Gasteiger partial charge in [-0.2, -0.15) is 5.10 Å². The number of aryl methyl sites for hydroxylation is 2. The standard InChI is InChI=1S/C12H20ClN3O/c1-3-9-11(13)10(16(2)15-9)6-14-7-12(8-17)4-5-12/h14,17H,3-8H2,1-2H3. The van der Waals surface area contributed by atoms with Crippen LogP contribution in [0.15, 0.2) is 0 Å². The fourth-order valence-corrected chi connectivity index (χ4v) is 2.39. The van der Waals surface area contributed by atoms with E-state index in [4.69, 9.17) is 11.6 Å². The Morgan fingerprint density at radius 1 is 1.53 bits per heavy atom. The van der Waals surface area contributed by atoms with Crippen molar-refractivity contribution in [3.63, 3.8) is 0 Å². The summed E-state index contributed by atoms with van der Waals surface area (Å²) < 4.78 is 1.84. The Morgan fingerprint density at radius 2 is 2.24 bits per heavy atom. The second-order valence-electron chi connectivity index (χ2n) is 4.95. The van der Waals surface area contributed by atoms with Crippen LogP contribution in [-0.2, 0) is 20.0 Å². The van der Waals surface area contributed by atoms with Crippen LogP contribution in [0.2, 0.25) is 5.02 Å². The van der Waals surface area contributed by atoms with Gasteiger partial charge in [0.25, 0.3) is 0 Å². The highest BCUT2D eigenvalue weighted by molar-refractivity contribution is 6.31. The normalized spacial score (nSPS) is 17.4. The highest BCUT2D eigenvalue weighted by atomic mass is 35.5. The summed E-state index contributed by atoms with van der Waals surface area (Å²) in [6.07, 6.45) is 3.10. The topological polar surface area (TPSA) is 50.1 Å². The lowest BCUT2D eigenvalue weighted by molar-refractivity contribution is 0.207. The van der Waals surface area contributed by atoms with E-state index in [1.54, 1.807) is 0 Å². The van der Waals surface area contributed by atoms with Crippen molar-refractivity contribution < 1.29 is 5.11 Å². The van der Waals surface area contributed by atoms with Crippen LogP contribution in [0.5, 0.6) is 0 Å². The molecular weight excluding hydrogens is 238 g/mol. The molecule has 4 nitrogen and oxygen atoms in total. The average molecular weight is 258 g/mol. The highest BCUT2D eigenvalue weighted by Crippen LogP contribution is 2.44. The van der Waals surface area contributed by atoms with E-state index in [0.29, 0.717) is 6.54 Å². The molecule has 0 radical (unpaired) electrons. The first kappa shape index (κ1) is 12.9. The molecular formula is C12H20ClN3O. The molecule has 0 saturated heterocycles. The molecule has 0 aliphatic heterocycles. The molecule has 0 aromatic carbocycles. The lowest BCUT2D eigenvalue weighted by atomic mass is 10.1. The quantitative estimate of drug-likeness (QED) is 0.812. The van der Waals surface area contributed by atoms with Crippen molar-refractivity contribution in [2.45, 2.75) is 32.7 Å². The first-order valence-corrected chi connectivity index (χ1v) is 6.51. The molecule has 1 aliphatic carbocycles. The number of rotatable bonds is 6. The van der Waals surface area contributed by atoms with E-state index < -0.39 is 0 Å². The maximum absolute atomic E-state index is 9.22. The van der Waals surface area contributed by atoms with Crippen molar-refractivity contribution in [2.24, 2.45) is 12.5 Å². The molecule has 17 heavy (non-hydrogen) atoms. The minimum Gasteiger partial charge on any atom is -0.396 e. The van der Waals surface area contributed by atoms with E-state index in [0.717, 1.165) is 42.2 Å². The molecule has 1 fully saturated rings. The van der Waals surface area contributed by atoms with Crippen molar-refractivity contribution in [1.82, 2.24) is 15.1 Å². The monoisotopic (exact) mass is 257 g/mol. The summed E-state index contributed by atoms with van der Waals surface area (Å²) in [7, 11) is 1.92. The summed E-state index contributed by atoms with van der Waals surface area (Å²) in [5, 5.41) is 17.7. The first-order valence-electron chi connectivity index (χ1n) is 6.14. The lowest BCUT2D eigenvalue weighted by Crippen LogP contribution is -2.26. The molecule has 0 amide bonds. The van der Waals surface area contributed by atoms with Gasteiger partial charge in [-0.15, -0.1) is 0 Å². The largest absolute Gasteiger partial charge is 0.396 e. The molecule has 1 aromatic rings. The van der Waals surface area contributed by atoms with Crippen molar-refractivity contribution in [2.75, 3.05) is 13.2 Å². The summed E-state index contributed by atoms with van der Waals surface area (Å²) in [6.45, 7) is 3.90. The van der Waals surface area contributed by atoms with Crippen LogP contribution in [0, 0.1) is 5.41 Å². The fraction of sp³-hybridized carbons (Fsp3) is 0.750. The molecule has 2 rings (SSSR count). The third-order valence-electron chi connectivity index (χ3n) is 3.59. The van der Waals surface area contributed by atoms with Gasteiger partial charge in [-0.25, -0.2) is 0 Å². The summed E-state index contributed by atoms with van der Waals surface area (Å²) in [5.74, 6) is 0. The number of aliphatic hydroxyl groups is 1. The summed E-state index contributed by atoms with van der Waals surface area (Å²) in [4.78, 5) is 0. The van der Waals surface area contributed by atoms with Crippen LogP contribution in [0.4, 0.5) is 0 Å². The lowest BCUT2D eigenvalue weighted by Gasteiger charge is -2.12. The van der Waals surface area contributed by atoms with E-state index >= 15 is 0 Å². The molecule has 1 aromatic heterocycles. The first-order chi connectivity index (χ1) is 8.12. The van der Waals surface area contributed by atoms with Gasteiger partial charge in [-0.3, -0.25) is 4.68 Å². The van der Waals surface area contributed by atoms with E-state index in [9.17, 15) is 5.11 Å². The third kappa shape index (κ3) is 2.64. The Morgan fingerprint density at radius 3 is 2.71 bits per heavy atom. The van der Waals surface area contributed by atoms with Crippen LogP contribution in [0.1, 0.15) is 31.2 Å². The summed E-state index contributed by atoms with van der Waals surface area (Å²) in [6, 6.07) is 0. The van der Waals surface area contributed by atoms with Gasteiger partial charge in [0.05, 0.1) is 16.4 Å². The molecule has 1 heterocycles. The summed E-state index contributed by atoms with van der Waals surface area (Å²) >= 11 is 6.26. The maximum atomic E-state index is 9.22. The fourth-order valence-electron chi connectivity index (χ4n) is 2.03. The van der Waals surface area contributed by atoms with Crippen molar-refractivity contribution in [1.29, 1.82) is 0 Å². The van der Waals surface area contributed by atoms with Crippen LogP contribution in [0.25, 0.3) is 0 Å². The zero-order chi connectivity index (χ0) is 12.5. The smallest absolute Gasteiger partial charge is 0.0863 e. The minimum absolute atomic E-state index is 0.138. The summed E-state index contributed by atoms with van der Waals surface area (Å²) in [5.41, 5.74) is 2.12. The Kier molecular flexibility index (Phi) is 3.76. The molecule has 1 aliphatic rings. The molecule has 0 atom stereocenters. The maximum Gasteiger partial charge on any atom is 0.0863 e. The molecule has 0 unspecified atom stereocenters. The van der Waals surface area contributed by atoms with Gasteiger partial charge in [0.15, 0.2) is 0 Å². The average Bonchev–Trinajstić information content (AvgIpc) is 3.05. The van der Waals surface area contributed by atoms with Crippen molar-refractivity contribution in [3.8, 4) is 0 Å². The van der Waals surface area contributed by atoms with E-state index in [2.05, 4.69) is 17.3 Å². The molecule has 96 valence electrons. The molecule has 0 spiro atoms. The second-order valence-corrected chi connectivity index (χ2v) is 5.32. The van der Waals surface area contributed by atoms with E-state index in [-0.39, 0.29) is 12.0 Å². The van der Waals surface area contributed by atoms with Gasteiger partial charge < -0.3 is 10.4 Å². The van der Waals surface area contributed by atoms with Crippen LogP contribution in [0.3, 0.4) is 0 Å². The van der Waals surface area contributed by atoms with E-state index in [1.807, 2.05) is 11.7 Å². The van der Waals surface area contributed by atoms with E-state index in [1.165, 1.54) is 0 Å². The zero-order valence-electron chi connectivity index (χ0n) is 10.5. The number of aliphatic hydroxyl groups excluding tert-OH is 1. The number of aromatic nitrogens is 2. The van der Waals surface area contributed by atoms with Crippen molar-refractivity contribution in [3.05, 3.63) is 16.4 Å². The number of hydrogen-bond acceptors (Lipinski definition) is 3. The number of nitrogens with zero attached hydrogens (tertiary/aromatic N) is 2. The molecule has 5 heteroatoms. The SMILES string of the molecule is CCc1nn(C)c(CNCC2(CO)CC2)c1Cl. The van der Waals surface area contributed by atoms with Crippen molar-refractivity contribution >= 4 is 11.6 Å². The molecule has 2 N–H and O–H groups in total. The van der Waals surface area contributed by atoms with Crippen LogP contribution >= 0.6 is 11.6 Å². The number of nitrogens with one attached hydrogen (secondary N) is 1. The van der Waals surface area contributed by atoms with Crippen LogP contribution in [-0.4, -0.2) is 28.0 Å². The number of halogens is 1. The Hall–Kier alpha value is -0.580. The Bertz CT molecular complexity index is 399. The highest BCUT2D eigenvalue weighted by Gasteiger charge is 2.41. The Balaban J connectivity index is 1.92. The predicted molar refractivity (Wildman–Crippen MR) is 68.1 cm³/mol. The third-order valence-corrected chi connectivity index (χ3v) is 4.02. The van der Waals surface area contributed by atoms with Gasteiger partial charge in [0.2, 0.25) is 0 Å². The molecule has 0 bridgehead atoms. The van der Waals surface area contributed by atoms with Gasteiger partial charge in [0, 0.05) is 32.2 Å². The van der Waals surface area contributed by atoms with Gasteiger partial charge in [-0.1, -0.05) is 18.5 Å². The van der Waals surface area contributed by atoms with Gasteiger partial charge >= 0.3 is 0 Å². The second kappa shape index (κ2) is 4.96. The van der Waals surface area contributed by atoms with Gasteiger partial charge in [-0.05, 0) is 19.3 Å². The predicted octanol–water partition coefficient (Wildman–Crippen LogP) is 1.50. The Labute approximate surface area is 107 Å². The number of hydrogen-bond donors (Lipinski definition) is 2. The minimum atomic E-state index is 0.138.